The van der Waals surface area contributed by atoms with Crippen LogP contribution in [0.15, 0.2) is 24.3 Å². The number of esters is 2. The van der Waals surface area contributed by atoms with Crippen molar-refractivity contribution in [2.75, 3.05) is 33.0 Å². The van der Waals surface area contributed by atoms with Gasteiger partial charge in [-0.1, -0.05) is 69.2 Å². The van der Waals surface area contributed by atoms with Gasteiger partial charge in [0.2, 0.25) is 0 Å². The minimum Gasteiger partial charge on any atom is -0.507 e. The van der Waals surface area contributed by atoms with Crippen LogP contribution in [0.1, 0.15) is 117 Å². The highest BCUT2D eigenvalue weighted by Gasteiger charge is 2.61. The summed E-state index contributed by atoms with van der Waals surface area (Å²) in [6, 6.07) is 6.56. The summed E-state index contributed by atoms with van der Waals surface area (Å²) in [6.07, 6.45) is -1.80. The van der Waals surface area contributed by atoms with E-state index in [1.165, 1.54) is 0 Å². The molecule has 2 aliphatic rings. The van der Waals surface area contributed by atoms with E-state index in [-0.39, 0.29) is 70.2 Å². The number of phenolic OH excluding ortho intramolecular Hbond substituents is 2. The van der Waals surface area contributed by atoms with Gasteiger partial charge in [0.25, 0.3) is 0 Å². The minimum absolute atomic E-state index is 0.0651. The maximum absolute atomic E-state index is 13.7. The van der Waals surface area contributed by atoms with Crippen LogP contribution in [0.5, 0.6) is 23.0 Å². The lowest BCUT2D eigenvalue weighted by Crippen LogP contribution is -2.68. The molecule has 2 heterocycles. The van der Waals surface area contributed by atoms with Gasteiger partial charge in [-0.15, -0.1) is 0 Å². The Balaban J connectivity index is 1.70. The third-order valence-electron chi connectivity index (χ3n) is 11.0. The lowest BCUT2D eigenvalue weighted by molar-refractivity contribution is -0.393. The van der Waals surface area contributed by atoms with Crippen LogP contribution < -0.4 is 9.47 Å². The summed E-state index contributed by atoms with van der Waals surface area (Å²) in [5.41, 5.74) is -2.32. The Bertz CT molecular complexity index is 1590. The van der Waals surface area contributed by atoms with E-state index < -0.39 is 57.2 Å². The number of rotatable bonds is 12. The molecule has 0 radical (unpaired) electrons. The molecule has 2 aromatic carbocycles. The van der Waals surface area contributed by atoms with Crippen LogP contribution in [0.25, 0.3) is 0 Å². The van der Waals surface area contributed by atoms with Crippen LogP contribution in [0.4, 0.5) is 0 Å². The average molecular weight is 773 g/mol. The van der Waals surface area contributed by atoms with E-state index in [0.29, 0.717) is 33.8 Å². The van der Waals surface area contributed by atoms with Crippen molar-refractivity contribution in [2.45, 2.75) is 138 Å². The third-order valence-corrected chi connectivity index (χ3v) is 11.0. The van der Waals surface area contributed by atoms with Crippen LogP contribution in [-0.4, -0.2) is 83.6 Å². The zero-order valence-corrected chi connectivity index (χ0v) is 34.9. The number of aryl methyl sites for hydroxylation is 2. The average Bonchev–Trinajstić information content (AvgIpc) is 3.09. The standard InChI is InChI=1S/C43H64O12/c1-26-17-28(19-30(34(26)48)38(3,4)5)53-32(46)13-15-43(16-14-33(47)54-29-18-27(2)35(49)31(20-29)39(6,7)8)42(25-52-37(55-43)41(11,12)22-45)23-50-36(51-24-42)40(9,10)21-44/h17-20,36-37,44-45,48-49H,13-16,21-25H2,1-12H3. The molecule has 0 aliphatic carbocycles. The van der Waals surface area contributed by atoms with Gasteiger partial charge in [-0.2, -0.15) is 0 Å². The predicted octanol–water partition coefficient (Wildman–Crippen LogP) is 6.89. The van der Waals surface area contributed by atoms with E-state index in [1.807, 2.05) is 55.4 Å². The molecule has 0 bridgehead atoms. The summed E-state index contributed by atoms with van der Waals surface area (Å²) < 4.78 is 37.5. The number of ether oxygens (including phenoxy) is 6. The number of aromatic hydroxyl groups is 2. The third kappa shape index (κ3) is 9.83. The number of carbonyl (C=O) groups is 2. The van der Waals surface area contributed by atoms with Gasteiger partial charge in [0, 0.05) is 34.8 Å². The summed E-state index contributed by atoms with van der Waals surface area (Å²) in [5, 5.41) is 41.9. The van der Waals surface area contributed by atoms with Crippen LogP contribution >= 0.6 is 0 Å². The van der Waals surface area contributed by atoms with Crippen LogP contribution in [0.2, 0.25) is 0 Å². The van der Waals surface area contributed by atoms with Crippen LogP contribution in [-0.2, 0) is 39.4 Å². The number of benzene rings is 2. The van der Waals surface area contributed by atoms with E-state index in [4.69, 9.17) is 28.4 Å². The molecule has 2 fully saturated rings. The number of hydrogen-bond acceptors (Lipinski definition) is 12. The molecule has 1 unspecified atom stereocenters. The molecule has 12 nitrogen and oxygen atoms in total. The Labute approximate surface area is 326 Å². The molecule has 1 atom stereocenters. The van der Waals surface area contributed by atoms with Crippen molar-refractivity contribution in [3.05, 3.63) is 46.5 Å². The summed E-state index contributed by atoms with van der Waals surface area (Å²) in [5.74, 6) is -0.234. The fraction of sp³-hybridized carbons (Fsp3) is 0.674. The highest BCUT2D eigenvalue weighted by atomic mass is 16.7. The first-order valence-electron chi connectivity index (χ1n) is 19.1. The van der Waals surface area contributed by atoms with Crippen LogP contribution in [0.3, 0.4) is 0 Å². The van der Waals surface area contributed by atoms with Crippen molar-refractivity contribution >= 4 is 11.9 Å². The van der Waals surface area contributed by atoms with Crippen LogP contribution in [0, 0.1) is 30.1 Å². The van der Waals surface area contributed by atoms with E-state index in [0.717, 1.165) is 0 Å². The highest BCUT2D eigenvalue weighted by Crippen LogP contribution is 2.52. The zero-order chi connectivity index (χ0) is 41.4. The van der Waals surface area contributed by atoms with E-state index in [2.05, 4.69) is 0 Å². The van der Waals surface area contributed by atoms with Gasteiger partial charge in [-0.3, -0.25) is 9.59 Å². The Morgan fingerprint density at radius 2 is 1.02 bits per heavy atom. The molecule has 2 aliphatic heterocycles. The van der Waals surface area contributed by atoms with Crippen molar-refractivity contribution in [1.82, 2.24) is 0 Å². The molecule has 4 N–H and O–H groups in total. The normalized spacial score (nSPS) is 22.1. The summed E-state index contributed by atoms with van der Waals surface area (Å²) in [7, 11) is 0. The topological polar surface area (TPSA) is 170 Å². The monoisotopic (exact) mass is 772 g/mol. The number of aliphatic hydroxyl groups excluding tert-OH is 2. The summed E-state index contributed by atoms with van der Waals surface area (Å²) in [6.45, 7) is 22.3. The van der Waals surface area contributed by atoms with E-state index in [9.17, 15) is 30.0 Å². The Hall–Kier alpha value is -3.26. The SMILES string of the molecule is Cc1cc(OC(=O)CCC2(CCC(=O)Oc3cc(C)c(O)c(C(C)(C)C)c3)OC(C(C)(C)CO)OCC23COC(C(C)(C)CO)OC3)cc(C(C)(C)C)c1O. The van der Waals surface area contributed by atoms with E-state index >= 15 is 0 Å². The Kier molecular flexibility index (Phi) is 13.2. The quantitative estimate of drug-likeness (QED) is 0.130. The first kappa shape index (κ1) is 44.5. The number of carbonyl (C=O) groups excluding carboxylic acids is 2. The molecule has 0 aromatic heterocycles. The van der Waals surface area contributed by atoms with Gasteiger partial charge in [0.05, 0.1) is 44.1 Å². The smallest absolute Gasteiger partial charge is 0.311 e. The predicted molar refractivity (Wildman–Crippen MR) is 206 cm³/mol. The second-order valence-corrected chi connectivity index (χ2v) is 19.0. The first-order chi connectivity index (χ1) is 25.3. The Morgan fingerprint density at radius 1 is 0.655 bits per heavy atom. The van der Waals surface area contributed by atoms with Gasteiger partial charge >= 0.3 is 11.9 Å². The van der Waals surface area contributed by atoms with E-state index in [1.54, 1.807) is 52.0 Å². The lowest BCUT2D eigenvalue weighted by atomic mass is 9.66. The molecule has 4 rings (SSSR count). The second kappa shape index (κ2) is 16.3. The zero-order valence-electron chi connectivity index (χ0n) is 34.9. The van der Waals surface area contributed by atoms with Crippen molar-refractivity contribution in [1.29, 1.82) is 0 Å². The maximum atomic E-state index is 13.7. The van der Waals surface area contributed by atoms with Crippen molar-refractivity contribution < 1.29 is 58.4 Å². The molecular formula is C43H64O12. The molecular weight excluding hydrogens is 708 g/mol. The number of phenols is 2. The van der Waals surface area contributed by atoms with Gasteiger partial charge < -0.3 is 48.8 Å². The van der Waals surface area contributed by atoms with Gasteiger partial charge in [0.1, 0.15) is 23.0 Å². The van der Waals surface area contributed by atoms with Gasteiger partial charge in [-0.25, -0.2) is 0 Å². The molecule has 308 valence electrons. The highest BCUT2D eigenvalue weighted by molar-refractivity contribution is 5.74. The summed E-state index contributed by atoms with van der Waals surface area (Å²) >= 11 is 0. The summed E-state index contributed by atoms with van der Waals surface area (Å²) in [4.78, 5) is 27.4. The molecule has 0 amide bonds. The molecule has 2 aromatic rings. The van der Waals surface area contributed by atoms with Crippen molar-refractivity contribution in [2.24, 2.45) is 16.2 Å². The maximum Gasteiger partial charge on any atom is 0.311 e. The number of hydrogen-bond donors (Lipinski definition) is 4. The molecule has 55 heavy (non-hydrogen) atoms. The molecule has 12 heteroatoms. The fourth-order valence-electron chi connectivity index (χ4n) is 7.12. The number of aliphatic hydroxyl groups is 2. The molecule has 2 saturated heterocycles. The van der Waals surface area contributed by atoms with Gasteiger partial charge in [0.15, 0.2) is 12.6 Å². The molecule has 0 saturated carbocycles. The lowest BCUT2D eigenvalue weighted by Gasteiger charge is -2.59. The molecule has 1 spiro atoms. The fourth-order valence-corrected chi connectivity index (χ4v) is 7.12. The van der Waals surface area contributed by atoms with Crippen molar-refractivity contribution in [3.63, 3.8) is 0 Å². The minimum atomic E-state index is -1.29. The Morgan fingerprint density at radius 3 is 1.38 bits per heavy atom. The first-order valence-corrected chi connectivity index (χ1v) is 19.1. The van der Waals surface area contributed by atoms with Crippen molar-refractivity contribution in [3.8, 4) is 23.0 Å². The van der Waals surface area contributed by atoms with Gasteiger partial charge in [-0.05, 0) is 72.9 Å². The second-order valence-electron chi connectivity index (χ2n) is 19.0. The largest absolute Gasteiger partial charge is 0.507 e.